The Kier molecular flexibility index (Phi) is 25.5. The van der Waals surface area contributed by atoms with Crippen molar-refractivity contribution in [2.75, 3.05) is 92.4 Å². The molecule has 0 spiro atoms. The number of alkyl halides is 1. The van der Waals surface area contributed by atoms with Crippen LogP contribution in [-0.2, 0) is 33.2 Å². The predicted molar refractivity (Wildman–Crippen MR) is 135 cm³/mol. The van der Waals surface area contributed by atoms with Crippen LogP contribution in [0.15, 0.2) is 0 Å². The zero-order chi connectivity index (χ0) is 26.0. The van der Waals surface area contributed by atoms with Gasteiger partial charge in [-0.1, -0.05) is 34.1 Å². The molecule has 0 aliphatic carbocycles. The van der Waals surface area contributed by atoms with Crippen LogP contribution in [-0.4, -0.2) is 110 Å². The molecule has 0 aromatic heterocycles. The number of amides is 1. The van der Waals surface area contributed by atoms with Crippen LogP contribution in [0, 0.1) is 5.92 Å². The number of carbonyl (C=O) groups excluding carboxylic acids is 1. The Morgan fingerprint density at radius 1 is 0.743 bits per heavy atom. The molecule has 0 fully saturated rings. The Balaban J connectivity index is 3.27. The average Bonchev–Trinajstić information content (AvgIpc) is 2.84. The van der Waals surface area contributed by atoms with Gasteiger partial charge in [0.15, 0.2) is 0 Å². The van der Waals surface area contributed by atoms with E-state index >= 15 is 0 Å². The van der Waals surface area contributed by atoms with Gasteiger partial charge >= 0.3 is 0 Å². The Labute approximate surface area is 212 Å². The fourth-order valence-electron chi connectivity index (χ4n) is 3.01. The summed E-state index contributed by atoms with van der Waals surface area (Å²) in [5, 5.41) is 5.95. The molecule has 0 rings (SSSR count). The largest absolute Gasteiger partial charge is 0.378 e. The molecule has 2 atom stereocenters. The van der Waals surface area contributed by atoms with E-state index in [1.54, 1.807) is 0 Å². The first kappa shape index (κ1) is 34.1. The van der Waals surface area contributed by atoms with E-state index in [2.05, 4.69) is 24.5 Å². The van der Waals surface area contributed by atoms with Gasteiger partial charge in [-0.3, -0.25) is 4.79 Å². The van der Waals surface area contributed by atoms with Gasteiger partial charge in [-0.25, -0.2) is 4.39 Å². The zero-order valence-electron chi connectivity index (χ0n) is 22.5. The lowest BCUT2D eigenvalue weighted by Crippen LogP contribution is -2.36. The molecule has 2 N–H and O–H groups in total. The lowest BCUT2D eigenvalue weighted by Gasteiger charge is -2.15. The predicted octanol–water partition coefficient (Wildman–Crippen LogP) is 2.36. The normalized spacial score (nSPS) is 13.3. The minimum absolute atomic E-state index is 0.0210. The lowest BCUT2D eigenvalue weighted by molar-refractivity contribution is -0.125. The van der Waals surface area contributed by atoms with E-state index in [0.29, 0.717) is 78.7 Å². The summed E-state index contributed by atoms with van der Waals surface area (Å²) in [5.41, 5.74) is 0. The van der Waals surface area contributed by atoms with Crippen molar-refractivity contribution < 1.29 is 37.6 Å². The van der Waals surface area contributed by atoms with Crippen LogP contribution in [0.2, 0.25) is 0 Å². The number of carbonyl (C=O) groups is 1. The molecule has 0 saturated carbocycles. The molecule has 0 aliphatic rings. The molecule has 10 heteroatoms. The van der Waals surface area contributed by atoms with E-state index in [1.165, 1.54) is 0 Å². The van der Waals surface area contributed by atoms with Crippen LogP contribution < -0.4 is 10.6 Å². The molecule has 0 aliphatic heterocycles. The summed E-state index contributed by atoms with van der Waals surface area (Å²) in [4.78, 5) is 12.0. The highest BCUT2D eigenvalue weighted by Crippen LogP contribution is 2.10. The molecular formula is C25H51FN2O7. The van der Waals surface area contributed by atoms with Gasteiger partial charge in [0.1, 0.15) is 6.17 Å². The van der Waals surface area contributed by atoms with Crippen LogP contribution in [0.5, 0.6) is 0 Å². The molecule has 0 aromatic carbocycles. The summed E-state index contributed by atoms with van der Waals surface area (Å²) < 4.78 is 46.2. The standard InChI is InChI=1S/C25H51FN2O7/c1-5-7-23(6-2)25(29)28-20-24(26)21-35-19-18-34-17-16-33-15-14-32-13-12-31-11-10-30-9-8-27-22(3)4/h22-24,27H,5-21H2,1-4H3,(H,28,29). The first-order chi connectivity index (χ1) is 17.0. The number of rotatable bonds is 27. The number of halogens is 1. The third-order valence-electron chi connectivity index (χ3n) is 4.96. The Hall–Kier alpha value is -0.880. The van der Waals surface area contributed by atoms with Crippen molar-refractivity contribution in [3.63, 3.8) is 0 Å². The van der Waals surface area contributed by atoms with Gasteiger partial charge in [0.25, 0.3) is 0 Å². The summed E-state index contributed by atoms with van der Waals surface area (Å²) in [6.07, 6.45) is 1.31. The van der Waals surface area contributed by atoms with E-state index in [4.69, 9.17) is 28.4 Å². The molecule has 210 valence electrons. The van der Waals surface area contributed by atoms with Crippen molar-refractivity contribution in [3.05, 3.63) is 0 Å². The van der Waals surface area contributed by atoms with Crippen molar-refractivity contribution in [2.24, 2.45) is 5.92 Å². The van der Waals surface area contributed by atoms with Gasteiger partial charge in [-0.2, -0.15) is 0 Å². The maximum atomic E-state index is 13.8. The number of hydrogen-bond donors (Lipinski definition) is 2. The highest BCUT2D eigenvalue weighted by Gasteiger charge is 2.16. The van der Waals surface area contributed by atoms with Crippen molar-refractivity contribution in [2.45, 2.75) is 59.2 Å². The maximum absolute atomic E-state index is 13.8. The summed E-state index contributed by atoms with van der Waals surface area (Å²) in [7, 11) is 0. The van der Waals surface area contributed by atoms with E-state index in [1.807, 2.05) is 13.8 Å². The van der Waals surface area contributed by atoms with E-state index < -0.39 is 6.17 Å². The van der Waals surface area contributed by atoms with E-state index in [-0.39, 0.29) is 25.0 Å². The highest BCUT2D eigenvalue weighted by molar-refractivity contribution is 5.78. The first-order valence-electron chi connectivity index (χ1n) is 13.1. The summed E-state index contributed by atoms with van der Waals surface area (Å²) >= 11 is 0. The van der Waals surface area contributed by atoms with Gasteiger partial charge in [-0.05, 0) is 12.8 Å². The van der Waals surface area contributed by atoms with Gasteiger partial charge in [0, 0.05) is 18.5 Å². The Morgan fingerprint density at radius 2 is 1.20 bits per heavy atom. The van der Waals surface area contributed by atoms with Crippen molar-refractivity contribution in [3.8, 4) is 0 Å². The van der Waals surface area contributed by atoms with Crippen LogP contribution >= 0.6 is 0 Å². The topological polar surface area (TPSA) is 96.5 Å². The van der Waals surface area contributed by atoms with Crippen molar-refractivity contribution in [1.29, 1.82) is 0 Å². The molecular weight excluding hydrogens is 459 g/mol. The van der Waals surface area contributed by atoms with Gasteiger partial charge in [0.05, 0.1) is 85.8 Å². The molecule has 2 unspecified atom stereocenters. The lowest BCUT2D eigenvalue weighted by atomic mass is 10.00. The summed E-state index contributed by atoms with van der Waals surface area (Å²) in [5.74, 6) is -0.118. The average molecular weight is 511 g/mol. The number of hydrogen-bond acceptors (Lipinski definition) is 8. The van der Waals surface area contributed by atoms with Gasteiger partial charge in [-0.15, -0.1) is 0 Å². The minimum Gasteiger partial charge on any atom is -0.378 e. The number of ether oxygens (including phenoxy) is 6. The third-order valence-corrected chi connectivity index (χ3v) is 4.96. The molecule has 0 saturated heterocycles. The molecule has 35 heavy (non-hydrogen) atoms. The van der Waals surface area contributed by atoms with Crippen LogP contribution in [0.3, 0.4) is 0 Å². The van der Waals surface area contributed by atoms with E-state index in [9.17, 15) is 9.18 Å². The smallest absolute Gasteiger partial charge is 0.223 e. The molecule has 9 nitrogen and oxygen atoms in total. The van der Waals surface area contributed by atoms with Crippen LogP contribution in [0.4, 0.5) is 4.39 Å². The van der Waals surface area contributed by atoms with Gasteiger partial charge < -0.3 is 39.1 Å². The quantitative estimate of drug-likeness (QED) is 0.163. The Morgan fingerprint density at radius 3 is 1.63 bits per heavy atom. The third kappa shape index (κ3) is 24.6. The summed E-state index contributed by atoms with van der Waals surface area (Å²) in [6.45, 7) is 14.4. The minimum atomic E-state index is -1.22. The van der Waals surface area contributed by atoms with Crippen molar-refractivity contribution in [1.82, 2.24) is 10.6 Å². The SMILES string of the molecule is CCCC(CC)C(=O)NCC(F)COCCOCCOCCOCCOCCOCCNC(C)C. The molecule has 1 amide bonds. The molecule has 0 aromatic rings. The second-order valence-electron chi connectivity index (χ2n) is 8.48. The van der Waals surface area contributed by atoms with Gasteiger partial charge in [0.2, 0.25) is 5.91 Å². The second kappa shape index (κ2) is 26.2. The zero-order valence-corrected chi connectivity index (χ0v) is 22.5. The Bertz CT molecular complexity index is 462. The molecule has 0 bridgehead atoms. The highest BCUT2D eigenvalue weighted by atomic mass is 19.1. The fourth-order valence-corrected chi connectivity index (χ4v) is 3.01. The van der Waals surface area contributed by atoms with Crippen LogP contribution in [0.25, 0.3) is 0 Å². The van der Waals surface area contributed by atoms with E-state index in [0.717, 1.165) is 25.8 Å². The number of nitrogens with one attached hydrogen (secondary N) is 2. The first-order valence-corrected chi connectivity index (χ1v) is 13.1. The summed E-state index contributed by atoms with van der Waals surface area (Å²) in [6, 6.07) is 0.474. The van der Waals surface area contributed by atoms with Crippen molar-refractivity contribution >= 4 is 5.91 Å². The maximum Gasteiger partial charge on any atom is 0.223 e. The van der Waals surface area contributed by atoms with Crippen LogP contribution in [0.1, 0.15) is 47.0 Å². The second-order valence-corrected chi connectivity index (χ2v) is 8.48. The molecule has 0 heterocycles. The monoisotopic (exact) mass is 510 g/mol. The fraction of sp³-hybridized carbons (Fsp3) is 0.960. The molecule has 0 radical (unpaired) electrons.